The number of hydrogen-bond acceptors (Lipinski definition) is 3. The van der Waals surface area contributed by atoms with Crippen LogP contribution in [0.1, 0.15) is 43.4 Å². The van der Waals surface area contributed by atoms with Crippen molar-refractivity contribution in [1.82, 2.24) is 0 Å². The van der Waals surface area contributed by atoms with Crippen LogP contribution in [0.25, 0.3) is 0 Å². The fourth-order valence-corrected chi connectivity index (χ4v) is 3.23. The first-order valence-corrected chi connectivity index (χ1v) is 6.89. The Kier molecular flexibility index (Phi) is 3.77. The predicted molar refractivity (Wildman–Crippen MR) is 67.7 cm³/mol. The molecule has 88 valence electrons. The van der Waals surface area contributed by atoms with Gasteiger partial charge in [0.05, 0.1) is 0 Å². The Labute approximate surface area is 101 Å². The van der Waals surface area contributed by atoms with E-state index in [0.717, 1.165) is 17.7 Å². The predicted octanol–water partition coefficient (Wildman–Crippen LogP) is 2.91. The fourth-order valence-electron chi connectivity index (χ4n) is 2.50. The maximum Gasteiger partial charge on any atom is 0.139 e. The van der Waals surface area contributed by atoms with Crippen molar-refractivity contribution in [3.8, 4) is 0 Å². The van der Waals surface area contributed by atoms with Gasteiger partial charge in [-0.3, -0.25) is 4.79 Å². The first-order valence-electron chi connectivity index (χ1n) is 6.01. The van der Waals surface area contributed by atoms with E-state index in [1.54, 1.807) is 11.3 Å². The maximum absolute atomic E-state index is 11.9. The zero-order valence-electron chi connectivity index (χ0n) is 9.58. The minimum atomic E-state index is -0.202. The second-order valence-electron chi connectivity index (χ2n) is 4.89. The monoisotopic (exact) mass is 237 g/mol. The molecule has 0 atom stereocenters. The quantitative estimate of drug-likeness (QED) is 0.875. The van der Waals surface area contributed by atoms with Gasteiger partial charge in [0.2, 0.25) is 0 Å². The molecule has 3 heteroatoms. The summed E-state index contributed by atoms with van der Waals surface area (Å²) in [7, 11) is 0. The number of carbonyl (C=O) groups excluding carboxylic acids is 1. The molecule has 1 heterocycles. The maximum atomic E-state index is 11.9. The minimum absolute atomic E-state index is 0.202. The third-order valence-electron chi connectivity index (χ3n) is 3.35. The van der Waals surface area contributed by atoms with Gasteiger partial charge in [0.25, 0.3) is 0 Å². The fraction of sp³-hybridized carbons (Fsp3) is 0.615. The van der Waals surface area contributed by atoms with Crippen molar-refractivity contribution < 1.29 is 4.79 Å². The molecule has 1 aromatic heterocycles. The van der Waals surface area contributed by atoms with Crippen molar-refractivity contribution in [3.05, 3.63) is 22.4 Å². The molecule has 0 saturated heterocycles. The summed E-state index contributed by atoms with van der Waals surface area (Å²) in [5, 5.41) is 2.02. The lowest BCUT2D eigenvalue weighted by molar-refractivity contribution is -0.119. The lowest BCUT2D eigenvalue weighted by atomic mass is 9.79. The standard InChI is InChI=1S/C13H19NOS/c14-13(6-2-1-3-7-13)10-11(15)9-12-5-4-8-16-12/h4-5,8H,1-3,6-7,9-10,14H2. The lowest BCUT2D eigenvalue weighted by Crippen LogP contribution is -2.43. The molecule has 2 rings (SSSR count). The zero-order chi connectivity index (χ0) is 11.4. The molecule has 0 radical (unpaired) electrons. The summed E-state index contributed by atoms with van der Waals surface area (Å²) in [6.07, 6.45) is 6.80. The van der Waals surface area contributed by atoms with Gasteiger partial charge in [-0.05, 0) is 24.3 Å². The molecule has 2 nitrogen and oxygen atoms in total. The molecule has 0 bridgehead atoms. The first-order chi connectivity index (χ1) is 7.68. The number of rotatable bonds is 4. The third-order valence-corrected chi connectivity index (χ3v) is 4.23. The van der Waals surface area contributed by atoms with E-state index in [2.05, 4.69) is 0 Å². The summed E-state index contributed by atoms with van der Waals surface area (Å²) in [5.41, 5.74) is 6.07. The van der Waals surface area contributed by atoms with E-state index in [1.807, 2.05) is 17.5 Å². The molecule has 2 N–H and O–H groups in total. The Hall–Kier alpha value is -0.670. The number of Topliss-reactive ketones (excluding diaryl/α,β-unsaturated/α-hetero) is 1. The summed E-state index contributed by atoms with van der Waals surface area (Å²) in [4.78, 5) is 13.1. The highest BCUT2D eigenvalue weighted by atomic mass is 32.1. The van der Waals surface area contributed by atoms with Gasteiger partial charge in [-0.1, -0.05) is 25.3 Å². The zero-order valence-corrected chi connectivity index (χ0v) is 10.4. The van der Waals surface area contributed by atoms with Crippen molar-refractivity contribution in [2.45, 2.75) is 50.5 Å². The van der Waals surface area contributed by atoms with E-state index in [1.165, 1.54) is 19.3 Å². The topological polar surface area (TPSA) is 43.1 Å². The number of nitrogens with two attached hydrogens (primary N) is 1. The minimum Gasteiger partial charge on any atom is -0.325 e. The van der Waals surface area contributed by atoms with Gasteiger partial charge in [-0.15, -0.1) is 11.3 Å². The second-order valence-corrected chi connectivity index (χ2v) is 5.93. The van der Waals surface area contributed by atoms with Gasteiger partial charge in [-0.25, -0.2) is 0 Å². The molecule has 1 aliphatic rings. The van der Waals surface area contributed by atoms with Crippen LogP contribution in [0.4, 0.5) is 0 Å². The van der Waals surface area contributed by atoms with Crippen LogP contribution in [0.3, 0.4) is 0 Å². The molecule has 1 aliphatic carbocycles. The average Bonchev–Trinajstić information content (AvgIpc) is 2.70. The summed E-state index contributed by atoms with van der Waals surface area (Å²) >= 11 is 1.65. The Morgan fingerprint density at radius 1 is 1.38 bits per heavy atom. The van der Waals surface area contributed by atoms with Crippen LogP contribution < -0.4 is 5.73 Å². The van der Waals surface area contributed by atoms with Crippen LogP contribution in [0.15, 0.2) is 17.5 Å². The van der Waals surface area contributed by atoms with E-state index >= 15 is 0 Å². The molecular weight excluding hydrogens is 218 g/mol. The molecule has 0 spiro atoms. The summed E-state index contributed by atoms with van der Waals surface area (Å²) in [5.74, 6) is 0.298. The smallest absolute Gasteiger partial charge is 0.139 e. The first kappa shape index (κ1) is 11.8. The number of thiophene rings is 1. The van der Waals surface area contributed by atoms with Crippen molar-refractivity contribution in [2.75, 3.05) is 0 Å². The molecule has 1 saturated carbocycles. The van der Waals surface area contributed by atoms with Crippen molar-refractivity contribution in [1.29, 1.82) is 0 Å². The van der Waals surface area contributed by atoms with Crippen LogP contribution in [-0.4, -0.2) is 11.3 Å². The number of carbonyl (C=O) groups is 1. The highest BCUT2D eigenvalue weighted by molar-refractivity contribution is 7.10. The molecule has 0 amide bonds. The Morgan fingerprint density at radius 3 is 2.75 bits per heavy atom. The molecule has 16 heavy (non-hydrogen) atoms. The van der Waals surface area contributed by atoms with E-state index in [9.17, 15) is 4.79 Å². The van der Waals surface area contributed by atoms with Crippen molar-refractivity contribution >= 4 is 17.1 Å². The normalized spacial score (nSPS) is 19.6. The third kappa shape index (κ3) is 3.16. The Bertz CT molecular complexity index is 339. The largest absolute Gasteiger partial charge is 0.325 e. The highest BCUT2D eigenvalue weighted by Gasteiger charge is 2.29. The highest BCUT2D eigenvalue weighted by Crippen LogP contribution is 2.29. The van der Waals surface area contributed by atoms with E-state index in [-0.39, 0.29) is 5.54 Å². The van der Waals surface area contributed by atoms with Gasteiger partial charge >= 0.3 is 0 Å². The van der Waals surface area contributed by atoms with Crippen LogP contribution in [0.5, 0.6) is 0 Å². The van der Waals surface area contributed by atoms with Gasteiger partial charge < -0.3 is 5.73 Å². The molecule has 0 aromatic carbocycles. The molecular formula is C13H19NOS. The Balaban J connectivity index is 1.86. The van der Waals surface area contributed by atoms with Crippen LogP contribution >= 0.6 is 11.3 Å². The average molecular weight is 237 g/mol. The van der Waals surface area contributed by atoms with Gasteiger partial charge in [0.1, 0.15) is 5.78 Å². The van der Waals surface area contributed by atoms with E-state index in [4.69, 9.17) is 5.73 Å². The second kappa shape index (κ2) is 5.11. The van der Waals surface area contributed by atoms with Gasteiger partial charge in [0, 0.05) is 23.3 Å². The van der Waals surface area contributed by atoms with Gasteiger partial charge in [-0.2, -0.15) is 0 Å². The number of ketones is 1. The van der Waals surface area contributed by atoms with Crippen LogP contribution in [-0.2, 0) is 11.2 Å². The Morgan fingerprint density at radius 2 is 2.12 bits per heavy atom. The van der Waals surface area contributed by atoms with Crippen LogP contribution in [0, 0.1) is 0 Å². The SMILES string of the molecule is NC1(CC(=O)Cc2cccs2)CCCCC1. The van der Waals surface area contributed by atoms with Crippen molar-refractivity contribution in [2.24, 2.45) is 5.73 Å². The molecule has 0 aliphatic heterocycles. The van der Waals surface area contributed by atoms with Crippen LogP contribution in [0.2, 0.25) is 0 Å². The van der Waals surface area contributed by atoms with Crippen molar-refractivity contribution in [3.63, 3.8) is 0 Å². The summed E-state index contributed by atoms with van der Waals surface area (Å²) < 4.78 is 0. The van der Waals surface area contributed by atoms with E-state index < -0.39 is 0 Å². The van der Waals surface area contributed by atoms with E-state index in [0.29, 0.717) is 18.6 Å². The molecule has 1 fully saturated rings. The van der Waals surface area contributed by atoms with Gasteiger partial charge in [0.15, 0.2) is 0 Å². The molecule has 0 unspecified atom stereocenters. The number of hydrogen-bond donors (Lipinski definition) is 1. The summed E-state index contributed by atoms with van der Waals surface area (Å²) in [6, 6.07) is 4.01. The summed E-state index contributed by atoms with van der Waals surface area (Å²) in [6.45, 7) is 0. The molecule has 1 aromatic rings. The lowest BCUT2D eigenvalue weighted by Gasteiger charge is -2.32.